The van der Waals surface area contributed by atoms with Crippen molar-refractivity contribution in [3.05, 3.63) is 0 Å². The minimum Gasteiger partial charge on any atom is -0.395 e. The number of methoxy groups -OCH3 is 2. The normalized spacial score (nSPS) is 29.8. The molecule has 1 rings (SSSR count). The van der Waals surface area contributed by atoms with Crippen molar-refractivity contribution in [2.75, 3.05) is 40.5 Å². The fourth-order valence-electron chi connectivity index (χ4n) is 1.78. The molecule has 0 bridgehead atoms. The van der Waals surface area contributed by atoms with Crippen LogP contribution in [-0.2, 0) is 9.47 Å². The minimum absolute atomic E-state index is 0.212. The van der Waals surface area contributed by atoms with E-state index in [0.29, 0.717) is 6.61 Å². The Labute approximate surface area is 79.4 Å². The third-order valence-electron chi connectivity index (χ3n) is 2.62. The molecule has 0 aliphatic carbocycles. The van der Waals surface area contributed by atoms with E-state index in [1.165, 1.54) is 0 Å². The molecule has 1 unspecified atom stereocenters. The summed E-state index contributed by atoms with van der Waals surface area (Å²) in [4.78, 5) is 2.22. The third-order valence-corrected chi connectivity index (χ3v) is 2.62. The van der Waals surface area contributed by atoms with E-state index in [1.54, 1.807) is 14.2 Å². The van der Waals surface area contributed by atoms with Gasteiger partial charge in [0.1, 0.15) is 0 Å². The van der Waals surface area contributed by atoms with Gasteiger partial charge in [0, 0.05) is 33.4 Å². The van der Waals surface area contributed by atoms with Gasteiger partial charge in [0.2, 0.25) is 0 Å². The molecule has 1 aliphatic rings. The summed E-state index contributed by atoms with van der Waals surface area (Å²) in [7, 11) is 3.41. The summed E-state index contributed by atoms with van der Waals surface area (Å²) in [5.74, 6) is 0. The molecule has 0 aromatic heterocycles. The zero-order valence-corrected chi connectivity index (χ0v) is 8.40. The Morgan fingerprint density at radius 2 is 2.23 bits per heavy atom. The van der Waals surface area contributed by atoms with Gasteiger partial charge in [0.05, 0.1) is 19.3 Å². The van der Waals surface area contributed by atoms with Gasteiger partial charge < -0.3 is 14.6 Å². The van der Waals surface area contributed by atoms with Crippen molar-refractivity contribution in [3.63, 3.8) is 0 Å². The lowest BCUT2D eigenvalue weighted by Gasteiger charge is -2.21. The zero-order chi connectivity index (χ0) is 9.68. The molecular formula is C9H19NO3. The van der Waals surface area contributed by atoms with Crippen LogP contribution in [0.5, 0.6) is 0 Å². The van der Waals surface area contributed by atoms with Gasteiger partial charge in [-0.2, -0.15) is 0 Å². The first-order chi connectivity index (χ1) is 6.31. The van der Waals surface area contributed by atoms with Crippen LogP contribution in [-0.4, -0.2) is 62.7 Å². The Hall–Kier alpha value is -0.160. The van der Waals surface area contributed by atoms with E-state index in [2.05, 4.69) is 4.90 Å². The van der Waals surface area contributed by atoms with Crippen molar-refractivity contribution in [2.24, 2.45) is 0 Å². The van der Waals surface area contributed by atoms with Crippen LogP contribution in [0.15, 0.2) is 0 Å². The number of aliphatic hydroxyl groups is 1. The molecule has 2 atom stereocenters. The van der Waals surface area contributed by atoms with Crippen LogP contribution in [0.25, 0.3) is 0 Å². The molecule has 0 amide bonds. The predicted octanol–water partition coefficient (Wildman–Crippen LogP) is -0.286. The number of aliphatic hydroxyl groups excluding tert-OH is 1. The summed E-state index contributed by atoms with van der Waals surface area (Å²) >= 11 is 0. The molecule has 1 N–H and O–H groups in total. The lowest BCUT2D eigenvalue weighted by molar-refractivity contribution is 0.0959. The van der Waals surface area contributed by atoms with Gasteiger partial charge >= 0.3 is 0 Å². The van der Waals surface area contributed by atoms with E-state index < -0.39 is 0 Å². The van der Waals surface area contributed by atoms with Crippen molar-refractivity contribution < 1.29 is 14.6 Å². The van der Waals surface area contributed by atoms with Crippen LogP contribution < -0.4 is 0 Å². The molecular weight excluding hydrogens is 170 g/mol. The first kappa shape index (κ1) is 10.9. The van der Waals surface area contributed by atoms with Gasteiger partial charge in [-0.1, -0.05) is 0 Å². The second-order valence-corrected chi connectivity index (χ2v) is 3.42. The summed E-state index contributed by atoms with van der Waals surface area (Å²) in [6, 6.07) is 0.250. The van der Waals surface area contributed by atoms with Crippen LogP contribution in [0, 0.1) is 0 Å². The SMILES string of the molecule is COCCN1CC(OC)C[C@H]1CO. The monoisotopic (exact) mass is 189 g/mol. The van der Waals surface area contributed by atoms with E-state index >= 15 is 0 Å². The first-order valence-electron chi connectivity index (χ1n) is 4.68. The molecule has 1 heterocycles. The van der Waals surface area contributed by atoms with Crippen molar-refractivity contribution in [1.29, 1.82) is 0 Å². The van der Waals surface area contributed by atoms with E-state index in [4.69, 9.17) is 14.6 Å². The highest BCUT2D eigenvalue weighted by Crippen LogP contribution is 2.18. The number of likely N-dealkylation sites (tertiary alicyclic amines) is 1. The van der Waals surface area contributed by atoms with E-state index in [1.807, 2.05) is 0 Å². The molecule has 0 aromatic rings. The molecule has 4 nitrogen and oxygen atoms in total. The molecule has 1 fully saturated rings. The number of hydrogen-bond donors (Lipinski definition) is 1. The van der Waals surface area contributed by atoms with Gasteiger partial charge in [0.25, 0.3) is 0 Å². The highest BCUT2D eigenvalue weighted by molar-refractivity contribution is 4.85. The van der Waals surface area contributed by atoms with Crippen LogP contribution in [0.2, 0.25) is 0 Å². The second-order valence-electron chi connectivity index (χ2n) is 3.42. The van der Waals surface area contributed by atoms with Gasteiger partial charge in [-0.15, -0.1) is 0 Å². The summed E-state index contributed by atoms with van der Waals surface area (Å²) in [6.07, 6.45) is 1.20. The zero-order valence-electron chi connectivity index (χ0n) is 8.40. The Balaban J connectivity index is 2.33. The molecule has 0 aromatic carbocycles. The van der Waals surface area contributed by atoms with Crippen molar-refractivity contribution in [2.45, 2.75) is 18.6 Å². The lowest BCUT2D eigenvalue weighted by atomic mass is 10.2. The average molecular weight is 189 g/mol. The van der Waals surface area contributed by atoms with Crippen molar-refractivity contribution in [1.82, 2.24) is 4.90 Å². The quantitative estimate of drug-likeness (QED) is 0.645. The average Bonchev–Trinajstić information content (AvgIpc) is 2.57. The largest absolute Gasteiger partial charge is 0.395 e. The van der Waals surface area contributed by atoms with Crippen LogP contribution in [0.3, 0.4) is 0 Å². The molecule has 1 saturated heterocycles. The van der Waals surface area contributed by atoms with E-state index in [9.17, 15) is 0 Å². The highest BCUT2D eigenvalue weighted by Gasteiger charge is 2.30. The van der Waals surface area contributed by atoms with Crippen LogP contribution >= 0.6 is 0 Å². The van der Waals surface area contributed by atoms with Gasteiger partial charge in [-0.05, 0) is 6.42 Å². The van der Waals surface area contributed by atoms with Gasteiger partial charge in [-0.3, -0.25) is 4.90 Å². The fraction of sp³-hybridized carbons (Fsp3) is 1.00. The standard InChI is InChI=1S/C9H19NO3/c1-12-4-3-10-6-9(13-2)5-8(10)7-11/h8-9,11H,3-7H2,1-2H3/t8-,9?/m0/s1. The van der Waals surface area contributed by atoms with Gasteiger partial charge in [0.15, 0.2) is 0 Å². The minimum atomic E-state index is 0.212. The first-order valence-corrected chi connectivity index (χ1v) is 4.68. The summed E-state index contributed by atoms with van der Waals surface area (Å²) in [5, 5.41) is 9.11. The maximum atomic E-state index is 9.11. The Kier molecular flexibility index (Phi) is 4.66. The number of hydrogen-bond acceptors (Lipinski definition) is 4. The molecule has 4 heteroatoms. The fourth-order valence-corrected chi connectivity index (χ4v) is 1.78. The van der Waals surface area contributed by atoms with E-state index in [-0.39, 0.29) is 18.8 Å². The predicted molar refractivity (Wildman–Crippen MR) is 49.7 cm³/mol. The number of nitrogens with zero attached hydrogens (tertiary/aromatic N) is 1. The molecule has 1 aliphatic heterocycles. The lowest BCUT2D eigenvalue weighted by Crippen LogP contribution is -2.35. The molecule has 0 spiro atoms. The third kappa shape index (κ3) is 2.91. The maximum Gasteiger partial charge on any atom is 0.0714 e. The molecule has 13 heavy (non-hydrogen) atoms. The molecule has 78 valence electrons. The second kappa shape index (κ2) is 5.54. The smallest absolute Gasteiger partial charge is 0.0714 e. The van der Waals surface area contributed by atoms with Crippen LogP contribution in [0.1, 0.15) is 6.42 Å². The Morgan fingerprint density at radius 3 is 2.77 bits per heavy atom. The Morgan fingerprint density at radius 1 is 1.46 bits per heavy atom. The molecule has 0 radical (unpaired) electrons. The number of rotatable bonds is 5. The van der Waals surface area contributed by atoms with Crippen LogP contribution in [0.4, 0.5) is 0 Å². The summed E-state index contributed by atoms with van der Waals surface area (Å²) < 4.78 is 10.3. The van der Waals surface area contributed by atoms with Crippen molar-refractivity contribution in [3.8, 4) is 0 Å². The highest BCUT2D eigenvalue weighted by atomic mass is 16.5. The summed E-state index contributed by atoms with van der Waals surface area (Å²) in [6.45, 7) is 2.71. The van der Waals surface area contributed by atoms with Crippen molar-refractivity contribution >= 4 is 0 Å². The van der Waals surface area contributed by atoms with E-state index in [0.717, 1.165) is 19.5 Å². The maximum absolute atomic E-state index is 9.11. The Bertz CT molecular complexity index is 143. The molecule has 0 saturated carbocycles. The van der Waals surface area contributed by atoms with Gasteiger partial charge in [-0.25, -0.2) is 0 Å². The topological polar surface area (TPSA) is 41.9 Å². The number of ether oxygens (including phenoxy) is 2. The summed E-state index contributed by atoms with van der Waals surface area (Å²) in [5.41, 5.74) is 0.